The van der Waals surface area contributed by atoms with Gasteiger partial charge in [-0.2, -0.15) is 0 Å². The van der Waals surface area contributed by atoms with Crippen molar-refractivity contribution in [3.05, 3.63) is 6.33 Å². The minimum Gasteiger partial charge on any atom is -0.464 e. The summed E-state index contributed by atoms with van der Waals surface area (Å²) in [6, 6.07) is 0. The summed E-state index contributed by atoms with van der Waals surface area (Å²) in [6.07, 6.45) is 5.78. The van der Waals surface area contributed by atoms with Crippen molar-refractivity contribution in [2.75, 3.05) is 6.61 Å². The molecule has 6 nitrogen and oxygen atoms in total. The van der Waals surface area contributed by atoms with Crippen LogP contribution >= 0.6 is 0 Å². The van der Waals surface area contributed by atoms with Gasteiger partial charge < -0.3 is 4.74 Å². The highest BCUT2D eigenvalue weighted by atomic mass is 16.5. The maximum Gasteiger partial charge on any atom is 0.327 e. The molecule has 1 aromatic heterocycles. The largest absolute Gasteiger partial charge is 0.464 e. The fourth-order valence-electron chi connectivity index (χ4n) is 1.15. The molecule has 0 bridgehead atoms. The molecule has 0 fully saturated rings. The van der Waals surface area contributed by atoms with Crippen molar-refractivity contribution < 1.29 is 9.53 Å². The quantitative estimate of drug-likeness (QED) is 0.494. The van der Waals surface area contributed by atoms with E-state index in [4.69, 9.17) is 4.74 Å². The molecule has 0 radical (unpaired) electrons. The SMILES string of the molecule is CCCCCCOC(=O)Cn1cnnn1. The Hall–Kier alpha value is -1.46. The Morgan fingerprint density at radius 3 is 2.93 bits per heavy atom. The second-order valence-corrected chi connectivity index (χ2v) is 3.29. The summed E-state index contributed by atoms with van der Waals surface area (Å²) in [7, 11) is 0. The van der Waals surface area contributed by atoms with Crippen LogP contribution in [0.5, 0.6) is 0 Å². The van der Waals surface area contributed by atoms with Crippen molar-refractivity contribution in [1.29, 1.82) is 0 Å². The first-order chi connectivity index (χ1) is 7.33. The summed E-state index contributed by atoms with van der Waals surface area (Å²) in [5.74, 6) is -0.293. The number of esters is 1. The molecule has 0 unspecified atom stereocenters. The fourth-order valence-corrected chi connectivity index (χ4v) is 1.15. The van der Waals surface area contributed by atoms with Crippen LogP contribution in [0.3, 0.4) is 0 Å². The topological polar surface area (TPSA) is 69.9 Å². The Morgan fingerprint density at radius 2 is 2.27 bits per heavy atom. The van der Waals surface area contributed by atoms with Crippen LogP contribution in [0.25, 0.3) is 0 Å². The van der Waals surface area contributed by atoms with E-state index in [1.54, 1.807) is 0 Å². The Labute approximate surface area is 88.6 Å². The van der Waals surface area contributed by atoms with Crippen LogP contribution in [0.1, 0.15) is 32.6 Å². The number of nitrogens with zero attached hydrogens (tertiary/aromatic N) is 4. The zero-order valence-corrected chi connectivity index (χ0v) is 8.93. The first-order valence-electron chi connectivity index (χ1n) is 5.19. The van der Waals surface area contributed by atoms with Gasteiger partial charge in [-0.15, -0.1) is 5.10 Å². The van der Waals surface area contributed by atoms with Gasteiger partial charge in [-0.25, -0.2) is 4.68 Å². The van der Waals surface area contributed by atoms with Crippen LogP contribution < -0.4 is 0 Å². The van der Waals surface area contributed by atoms with Gasteiger partial charge in [-0.1, -0.05) is 26.2 Å². The lowest BCUT2D eigenvalue weighted by molar-refractivity contribution is -0.144. The highest BCUT2D eigenvalue weighted by Gasteiger charge is 2.04. The van der Waals surface area contributed by atoms with Crippen molar-refractivity contribution >= 4 is 5.97 Å². The Bertz CT molecular complexity index is 274. The van der Waals surface area contributed by atoms with E-state index in [0.29, 0.717) is 6.61 Å². The van der Waals surface area contributed by atoms with Crippen molar-refractivity contribution in [2.24, 2.45) is 0 Å². The highest BCUT2D eigenvalue weighted by Crippen LogP contribution is 1.99. The number of ether oxygens (including phenoxy) is 1. The number of carbonyl (C=O) groups is 1. The minimum atomic E-state index is -0.293. The van der Waals surface area contributed by atoms with Crippen LogP contribution in [0.2, 0.25) is 0 Å². The third-order valence-corrected chi connectivity index (χ3v) is 1.94. The van der Waals surface area contributed by atoms with Crippen molar-refractivity contribution in [3.8, 4) is 0 Å². The normalized spacial score (nSPS) is 10.2. The molecule has 1 rings (SSSR count). The van der Waals surface area contributed by atoms with E-state index in [1.165, 1.54) is 23.9 Å². The Morgan fingerprint density at radius 1 is 1.40 bits per heavy atom. The molecule has 0 N–H and O–H groups in total. The Balaban J connectivity index is 2.04. The van der Waals surface area contributed by atoms with Crippen LogP contribution in [0.4, 0.5) is 0 Å². The molecule has 1 aromatic rings. The van der Waals surface area contributed by atoms with Gasteiger partial charge in [-0.3, -0.25) is 4.79 Å². The number of carbonyl (C=O) groups excluding carboxylic acids is 1. The zero-order valence-electron chi connectivity index (χ0n) is 8.93. The molecule has 0 aliphatic heterocycles. The lowest BCUT2D eigenvalue weighted by Crippen LogP contribution is -2.14. The minimum absolute atomic E-state index is 0.0841. The van der Waals surface area contributed by atoms with Gasteiger partial charge in [0.1, 0.15) is 12.9 Å². The smallest absolute Gasteiger partial charge is 0.327 e. The average molecular weight is 212 g/mol. The summed E-state index contributed by atoms with van der Waals surface area (Å²) >= 11 is 0. The Kier molecular flexibility index (Phi) is 5.35. The molecule has 0 aliphatic carbocycles. The van der Waals surface area contributed by atoms with E-state index in [2.05, 4.69) is 22.4 Å². The van der Waals surface area contributed by atoms with Crippen molar-refractivity contribution in [1.82, 2.24) is 20.2 Å². The van der Waals surface area contributed by atoms with E-state index < -0.39 is 0 Å². The molecule has 0 amide bonds. The molecule has 6 heteroatoms. The average Bonchev–Trinajstić information content (AvgIpc) is 2.70. The second-order valence-electron chi connectivity index (χ2n) is 3.29. The summed E-state index contributed by atoms with van der Waals surface area (Å²) < 4.78 is 6.35. The maximum absolute atomic E-state index is 11.2. The summed E-state index contributed by atoms with van der Waals surface area (Å²) in [5.41, 5.74) is 0. The monoisotopic (exact) mass is 212 g/mol. The predicted octanol–water partition coefficient (Wildman–Crippen LogP) is 0.797. The second kappa shape index (κ2) is 6.92. The molecular formula is C9H16N4O2. The molecule has 1 heterocycles. The molecule has 0 atom stereocenters. The molecule has 0 spiro atoms. The fraction of sp³-hybridized carbons (Fsp3) is 0.778. The maximum atomic E-state index is 11.2. The molecule has 15 heavy (non-hydrogen) atoms. The van der Waals surface area contributed by atoms with E-state index >= 15 is 0 Å². The lowest BCUT2D eigenvalue weighted by Gasteiger charge is -2.03. The molecule has 0 aromatic carbocycles. The van der Waals surface area contributed by atoms with Gasteiger partial charge in [-0.05, 0) is 16.8 Å². The molecule has 0 saturated heterocycles. The van der Waals surface area contributed by atoms with E-state index in [0.717, 1.165) is 12.8 Å². The lowest BCUT2D eigenvalue weighted by atomic mass is 10.2. The molecule has 0 aliphatic rings. The summed E-state index contributed by atoms with van der Waals surface area (Å²) in [5, 5.41) is 10.4. The third-order valence-electron chi connectivity index (χ3n) is 1.94. The number of unbranched alkanes of at least 4 members (excludes halogenated alkanes) is 3. The van der Waals surface area contributed by atoms with Crippen molar-refractivity contribution in [3.63, 3.8) is 0 Å². The van der Waals surface area contributed by atoms with Crippen LogP contribution in [0.15, 0.2) is 6.33 Å². The van der Waals surface area contributed by atoms with Gasteiger partial charge in [0.25, 0.3) is 0 Å². The number of hydrogen-bond donors (Lipinski definition) is 0. The van der Waals surface area contributed by atoms with Gasteiger partial charge in [0.15, 0.2) is 0 Å². The number of rotatable bonds is 7. The molecule has 0 saturated carbocycles. The van der Waals surface area contributed by atoms with Gasteiger partial charge in [0, 0.05) is 0 Å². The number of aromatic nitrogens is 4. The standard InChI is InChI=1S/C9H16N4O2/c1-2-3-4-5-6-15-9(14)7-13-8-10-11-12-13/h8H,2-7H2,1H3. The van der Waals surface area contributed by atoms with Gasteiger partial charge >= 0.3 is 5.97 Å². The van der Waals surface area contributed by atoms with Crippen LogP contribution in [0, 0.1) is 0 Å². The van der Waals surface area contributed by atoms with Crippen LogP contribution in [-0.4, -0.2) is 32.8 Å². The van der Waals surface area contributed by atoms with E-state index in [-0.39, 0.29) is 12.5 Å². The molecular weight excluding hydrogens is 196 g/mol. The molecule has 84 valence electrons. The third kappa shape index (κ3) is 5.09. The van der Waals surface area contributed by atoms with E-state index in [1.807, 2.05) is 0 Å². The summed E-state index contributed by atoms with van der Waals surface area (Å²) in [6.45, 7) is 2.71. The first-order valence-corrected chi connectivity index (χ1v) is 5.19. The predicted molar refractivity (Wildman–Crippen MR) is 52.9 cm³/mol. The summed E-state index contributed by atoms with van der Waals surface area (Å²) in [4.78, 5) is 11.2. The van der Waals surface area contributed by atoms with Gasteiger partial charge in [0.2, 0.25) is 0 Å². The zero-order chi connectivity index (χ0) is 10.9. The van der Waals surface area contributed by atoms with E-state index in [9.17, 15) is 4.79 Å². The van der Waals surface area contributed by atoms with Gasteiger partial charge in [0.05, 0.1) is 6.61 Å². The number of hydrogen-bond acceptors (Lipinski definition) is 5. The number of tetrazole rings is 1. The van der Waals surface area contributed by atoms with Crippen molar-refractivity contribution in [2.45, 2.75) is 39.2 Å². The first kappa shape index (κ1) is 11.6. The highest BCUT2D eigenvalue weighted by molar-refractivity contribution is 5.68. The van der Waals surface area contributed by atoms with Crippen LogP contribution in [-0.2, 0) is 16.1 Å².